The quantitative estimate of drug-likeness (QED) is 0.343. The number of phenols is 2. The Balaban J connectivity index is 1.82. The predicted octanol–water partition coefficient (Wildman–Crippen LogP) is 10.0. The van der Waals surface area contributed by atoms with Crippen LogP contribution in [-0.4, -0.2) is 34.2 Å². The number of nitrogens with zero attached hydrogens (tertiary/aromatic N) is 2. The second kappa shape index (κ2) is 10.7. The van der Waals surface area contributed by atoms with E-state index in [0.717, 1.165) is 35.1 Å². The van der Waals surface area contributed by atoms with Crippen LogP contribution in [0, 0.1) is 17.3 Å². The van der Waals surface area contributed by atoms with Crippen molar-refractivity contribution in [2.75, 3.05) is 0 Å². The van der Waals surface area contributed by atoms with E-state index in [1.165, 1.54) is 11.1 Å². The summed E-state index contributed by atoms with van der Waals surface area (Å²) < 4.78 is 0. The molecule has 242 valence electrons. The van der Waals surface area contributed by atoms with Gasteiger partial charge in [0.25, 0.3) is 0 Å². The van der Waals surface area contributed by atoms with E-state index in [-0.39, 0.29) is 33.1 Å². The number of rotatable bonds is 4. The van der Waals surface area contributed by atoms with Crippen molar-refractivity contribution in [2.45, 2.75) is 150 Å². The van der Waals surface area contributed by atoms with Gasteiger partial charge in [-0.1, -0.05) is 109 Å². The molecule has 3 saturated carbocycles. The zero-order valence-electron chi connectivity index (χ0n) is 30.4. The van der Waals surface area contributed by atoms with Crippen LogP contribution in [0.1, 0.15) is 150 Å². The lowest BCUT2D eigenvalue weighted by Gasteiger charge is -2.65. The average Bonchev–Trinajstić information content (AvgIpc) is 2.85. The minimum absolute atomic E-state index is 0.0265. The number of hydrogen-bond donors (Lipinski definition) is 2. The Kier molecular flexibility index (Phi) is 8.36. The molecule has 0 aliphatic heterocycles. The smallest absolute Gasteiger partial charge is 0.128 e. The molecule has 5 rings (SSSR count). The van der Waals surface area contributed by atoms with E-state index in [2.05, 4.69) is 128 Å². The summed E-state index contributed by atoms with van der Waals surface area (Å²) in [6.45, 7) is 33.2. The van der Waals surface area contributed by atoms with Crippen LogP contribution in [0.25, 0.3) is 0 Å². The van der Waals surface area contributed by atoms with Gasteiger partial charge in [-0.25, -0.2) is 0 Å². The molecule has 4 heteroatoms. The topological polar surface area (TPSA) is 65.2 Å². The minimum atomic E-state index is -0.440. The van der Waals surface area contributed by atoms with Crippen molar-refractivity contribution in [1.82, 2.24) is 0 Å². The van der Waals surface area contributed by atoms with Crippen LogP contribution in [0.2, 0.25) is 0 Å². The lowest BCUT2D eigenvalue weighted by molar-refractivity contribution is -0.119. The normalized spacial score (nSPS) is 25.9. The van der Waals surface area contributed by atoms with E-state index in [4.69, 9.17) is 9.98 Å². The third-order valence-electron chi connectivity index (χ3n) is 10.9. The Hall–Kier alpha value is -2.62. The summed E-state index contributed by atoms with van der Waals surface area (Å²) >= 11 is 0. The highest BCUT2D eigenvalue weighted by Crippen LogP contribution is 2.64. The molecule has 0 radical (unpaired) electrons. The molecule has 4 atom stereocenters. The Morgan fingerprint density at radius 1 is 0.636 bits per heavy atom. The zero-order chi connectivity index (χ0) is 33.4. The summed E-state index contributed by atoms with van der Waals surface area (Å²) in [5.41, 5.74) is 5.06. The molecule has 3 fully saturated rings. The van der Waals surface area contributed by atoms with Crippen molar-refractivity contribution in [3.8, 4) is 11.5 Å². The first-order chi connectivity index (χ1) is 19.8. The highest BCUT2D eigenvalue weighted by molar-refractivity contribution is 5.86. The molecule has 44 heavy (non-hydrogen) atoms. The number of fused-ring (bicyclic) bond motifs is 2. The first-order valence-corrected chi connectivity index (χ1v) is 16.6. The van der Waals surface area contributed by atoms with E-state index in [0.29, 0.717) is 23.3 Å². The van der Waals surface area contributed by atoms with Gasteiger partial charge in [0.15, 0.2) is 0 Å². The van der Waals surface area contributed by atoms with E-state index in [9.17, 15) is 10.2 Å². The fourth-order valence-electron chi connectivity index (χ4n) is 7.43. The van der Waals surface area contributed by atoms with E-state index in [1.54, 1.807) is 0 Å². The van der Waals surface area contributed by atoms with Gasteiger partial charge in [-0.05, 0) is 81.9 Å². The maximum atomic E-state index is 11.5. The Bertz CT molecular complexity index is 1470. The molecule has 0 spiro atoms. The van der Waals surface area contributed by atoms with Crippen LogP contribution in [0.15, 0.2) is 34.3 Å². The maximum Gasteiger partial charge on any atom is 0.128 e. The van der Waals surface area contributed by atoms with Gasteiger partial charge >= 0.3 is 0 Å². The molecule has 3 aliphatic carbocycles. The van der Waals surface area contributed by atoms with Gasteiger partial charge in [-0.15, -0.1) is 0 Å². The van der Waals surface area contributed by atoms with Crippen LogP contribution in [-0.2, 0) is 21.7 Å². The molecule has 2 N–H and O–H groups in total. The molecule has 0 amide bonds. The summed E-state index contributed by atoms with van der Waals surface area (Å²) in [6, 6.07) is 8.50. The first-order valence-electron chi connectivity index (χ1n) is 16.6. The molecule has 3 aliphatic rings. The fourth-order valence-corrected chi connectivity index (χ4v) is 7.43. The number of aromatic hydroxyl groups is 2. The molecule has 4 nitrogen and oxygen atoms in total. The second-order valence-electron chi connectivity index (χ2n) is 18.7. The lowest BCUT2D eigenvalue weighted by atomic mass is 9.42. The van der Waals surface area contributed by atoms with Crippen LogP contribution in [0.4, 0.5) is 0 Å². The van der Waals surface area contributed by atoms with Gasteiger partial charge in [0, 0.05) is 34.7 Å². The summed E-state index contributed by atoms with van der Waals surface area (Å²) in [5.74, 6) is 1.61. The highest BCUT2D eigenvalue weighted by atomic mass is 16.3. The van der Waals surface area contributed by atoms with Crippen molar-refractivity contribution in [1.29, 1.82) is 0 Å². The molecule has 0 heterocycles. The summed E-state index contributed by atoms with van der Waals surface area (Å²) in [6.07, 6.45) is 5.94. The lowest BCUT2D eigenvalue weighted by Crippen LogP contribution is -2.65. The number of aliphatic imine (C=N–C) groups is 2. The van der Waals surface area contributed by atoms with Gasteiger partial charge < -0.3 is 10.2 Å². The van der Waals surface area contributed by atoms with Crippen molar-refractivity contribution in [2.24, 2.45) is 27.2 Å². The molecular weight excluding hydrogens is 540 g/mol. The molecule has 2 aromatic rings. The molecule has 2 bridgehead atoms. The van der Waals surface area contributed by atoms with Gasteiger partial charge in [0.2, 0.25) is 0 Å². The Morgan fingerprint density at radius 3 is 1.45 bits per heavy atom. The molecule has 0 saturated heterocycles. The average molecular weight is 601 g/mol. The van der Waals surface area contributed by atoms with Crippen LogP contribution < -0.4 is 0 Å². The monoisotopic (exact) mass is 600 g/mol. The summed E-state index contributed by atoms with van der Waals surface area (Å²) in [7, 11) is 0. The standard InChI is InChI=1S/C40H60N2O2/c1-35(2,3)26-16-24(33(43)29(18-26)37(7,8)9)22-41-32-21-28-20-31(39(28,13)14)40(32,15)42-23-25-17-27(36(4,5)6)19-30(34(25)44)38(10,11)12/h16-19,22-23,28,31-32,43-44H,20-21H2,1-15H3/t28-,31-,32+,40-/m0/s1. The van der Waals surface area contributed by atoms with Gasteiger partial charge in [0.1, 0.15) is 11.5 Å². The molecular formula is C40H60N2O2. The Morgan fingerprint density at radius 2 is 1.07 bits per heavy atom. The number of hydrogen-bond acceptors (Lipinski definition) is 4. The van der Waals surface area contributed by atoms with Crippen molar-refractivity contribution in [3.05, 3.63) is 57.6 Å². The summed E-state index contributed by atoms with van der Waals surface area (Å²) in [5, 5.41) is 22.9. The highest BCUT2D eigenvalue weighted by Gasteiger charge is 2.63. The van der Waals surface area contributed by atoms with Crippen LogP contribution >= 0.6 is 0 Å². The third-order valence-corrected chi connectivity index (χ3v) is 10.9. The van der Waals surface area contributed by atoms with E-state index >= 15 is 0 Å². The Labute approximate surface area is 268 Å². The fraction of sp³-hybridized carbons (Fsp3) is 0.650. The second-order valence-corrected chi connectivity index (χ2v) is 18.7. The van der Waals surface area contributed by atoms with Crippen molar-refractivity contribution < 1.29 is 10.2 Å². The van der Waals surface area contributed by atoms with Crippen LogP contribution in [0.5, 0.6) is 11.5 Å². The van der Waals surface area contributed by atoms with Gasteiger partial charge in [-0.3, -0.25) is 9.98 Å². The largest absolute Gasteiger partial charge is 0.507 e. The summed E-state index contributed by atoms with van der Waals surface area (Å²) in [4.78, 5) is 10.6. The number of benzene rings is 2. The molecule has 0 unspecified atom stereocenters. The molecule has 2 aromatic carbocycles. The maximum absolute atomic E-state index is 11.5. The van der Waals surface area contributed by atoms with Gasteiger partial charge in [-0.2, -0.15) is 0 Å². The van der Waals surface area contributed by atoms with Crippen LogP contribution in [0.3, 0.4) is 0 Å². The minimum Gasteiger partial charge on any atom is -0.507 e. The zero-order valence-corrected chi connectivity index (χ0v) is 30.4. The first kappa shape index (κ1) is 34.3. The van der Waals surface area contributed by atoms with Gasteiger partial charge in [0.05, 0.1) is 11.6 Å². The van der Waals surface area contributed by atoms with E-state index in [1.807, 2.05) is 12.4 Å². The predicted molar refractivity (Wildman–Crippen MR) is 188 cm³/mol. The molecule has 0 aromatic heterocycles. The van der Waals surface area contributed by atoms with Crippen molar-refractivity contribution in [3.63, 3.8) is 0 Å². The SMILES string of the molecule is CC(C)(C)c1cc(C=N[C@@H]2C[C@@H]3C[C@@H](C3(C)C)[C@]2(C)N=Cc2cc(C(C)(C)C)cc(C(C)(C)C)c2O)c(O)c(C(C)(C)C)c1. The van der Waals surface area contributed by atoms with E-state index < -0.39 is 5.54 Å². The third kappa shape index (κ3) is 6.24. The van der Waals surface area contributed by atoms with Crippen molar-refractivity contribution >= 4 is 12.4 Å². The number of phenolic OH excluding ortho intramolecular Hbond substituents is 2.